The van der Waals surface area contributed by atoms with E-state index < -0.39 is 0 Å². The summed E-state index contributed by atoms with van der Waals surface area (Å²) in [5.41, 5.74) is 2.17. The fourth-order valence-corrected chi connectivity index (χ4v) is 4.35. The second-order valence-corrected chi connectivity index (χ2v) is 7.65. The number of carbonyl (C=O) groups is 1. The fourth-order valence-electron chi connectivity index (χ4n) is 4.35. The van der Waals surface area contributed by atoms with E-state index in [1.807, 2.05) is 31.0 Å². The molecule has 0 aromatic carbocycles. The summed E-state index contributed by atoms with van der Waals surface area (Å²) >= 11 is 0. The normalized spacial score (nSPS) is 24.9. The average Bonchev–Trinajstić information content (AvgIpc) is 3.00. The number of fused-ring (bicyclic) bond motifs is 1. The minimum Gasteiger partial charge on any atom is -0.372 e. The van der Waals surface area contributed by atoms with Crippen LogP contribution in [0.5, 0.6) is 0 Å². The van der Waals surface area contributed by atoms with Crippen molar-refractivity contribution in [3.05, 3.63) is 30.1 Å². The highest BCUT2D eigenvalue weighted by Gasteiger charge is 2.28. The van der Waals surface area contributed by atoms with Gasteiger partial charge in [0.2, 0.25) is 5.91 Å². The van der Waals surface area contributed by atoms with E-state index in [2.05, 4.69) is 27.0 Å². The molecular weight excluding hydrogens is 328 g/mol. The molecular formula is C20H28N4O2. The lowest BCUT2D eigenvalue weighted by Gasteiger charge is -2.35. The van der Waals surface area contributed by atoms with Crippen molar-refractivity contribution in [1.29, 1.82) is 0 Å². The van der Waals surface area contributed by atoms with E-state index in [1.165, 1.54) is 5.69 Å². The van der Waals surface area contributed by atoms with Crippen LogP contribution < -0.4 is 5.32 Å². The van der Waals surface area contributed by atoms with Crippen LogP contribution in [0.25, 0.3) is 11.0 Å². The zero-order chi connectivity index (χ0) is 18.1. The Morgan fingerprint density at radius 1 is 1.27 bits per heavy atom. The predicted molar refractivity (Wildman–Crippen MR) is 101 cm³/mol. The summed E-state index contributed by atoms with van der Waals surface area (Å²) in [7, 11) is 0. The van der Waals surface area contributed by atoms with Crippen LogP contribution in [0.3, 0.4) is 0 Å². The molecule has 2 aromatic rings. The number of amides is 1. The number of morpholine rings is 1. The van der Waals surface area contributed by atoms with Gasteiger partial charge in [-0.05, 0) is 58.0 Å². The van der Waals surface area contributed by atoms with Gasteiger partial charge in [0, 0.05) is 36.3 Å². The molecule has 4 rings (SSSR count). The maximum atomic E-state index is 13.0. The van der Waals surface area contributed by atoms with Crippen LogP contribution in [0.1, 0.15) is 38.3 Å². The van der Waals surface area contributed by atoms with Crippen LogP contribution in [0.4, 0.5) is 0 Å². The summed E-state index contributed by atoms with van der Waals surface area (Å²) in [4.78, 5) is 19.6. The van der Waals surface area contributed by atoms with Crippen molar-refractivity contribution in [3.8, 4) is 0 Å². The average molecular weight is 356 g/mol. The van der Waals surface area contributed by atoms with Gasteiger partial charge in [-0.25, -0.2) is 4.98 Å². The first kappa shape index (κ1) is 17.5. The minimum atomic E-state index is 0.0890. The lowest BCUT2D eigenvalue weighted by atomic mass is 9.94. The summed E-state index contributed by atoms with van der Waals surface area (Å²) in [5.74, 6) is 0.645. The molecule has 140 valence electrons. The summed E-state index contributed by atoms with van der Waals surface area (Å²) in [6.45, 7) is 7.82. The summed E-state index contributed by atoms with van der Waals surface area (Å²) in [5, 5.41) is 4.55. The van der Waals surface area contributed by atoms with Crippen molar-refractivity contribution < 1.29 is 9.53 Å². The van der Waals surface area contributed by atoms with Gasteiger partial charge in [-0.2, -0.15) is 0 Å². The molecule has 0 saturated carbocycles. The predicted octanol–water partition coefficient (Wildman–Crippen LogP) is 2.14. The topological polar surface area (TPSA) is 59.4 Å². The van der Waals surface area contributed by atoms with Crippen molar-refractivity contribution in [3.63, 3.8) is 0 Å². The zero-order valence-corrected chi connectivity index (χ0v) is 15.6. The highest BCUT2D eigenvalue weighted by molar-refractivity contribution is 5.82. The molecule has 2 fully saturated rings. The first-order valence-corrected chi connectivity index (χ1v) is 9.70. The molecule has 0 bridgehead atoms. The first-order chi connectivity index (χ1) is 12.6. The van der Waals surface area contributed by atoms with Crippen molar-refractivity contribution in [2.24, 2.45) is 0 Å². The van der Waals surface area contributed by atoms with Crippen molar-refractivity contribution in [2.75, 3.05) is 26.2 Å². The number of rotatable bonds is 3. The van der Waals surface area contributed by atoms with Crippen molar-refractivity contribution in [1.82, 2.24) is 19.8 Å². The van der Waals surface area contributed by atoms with Crippen LogP contribution in [-0.2, 0) is 16.1 Å². The highest BCUT2D eigenvalue weighted by Crippen LogP contribution is 2.30. The van der Waals surface area contributed by atoms with Gasteiger partial charge in [0.1, 0.15) is 12.2 Å². The van der Waals surface area contributed by atoms with Crippen LogP contribution >= 0.6 is 0 Å². The van der Waals surface area contributed by atoms with E-state index >= 15 is 0 Å². The lowest BCUT2D eigenvalue weighted by molar-refractivity contribution is -0.143. The van der Waals surface area contributed by atoms with E-state index in [4.69, 9.17) is 4.74 Å². The molecule has 2 aromatic heterocycles. The van der Waals surface area contributed by atoms with E-state index in [0.717, 1.165) is 37.0 Å². The molecule has 26 heavy (non-hydrogen) atoms. The third-order valence-corrected chi connectivity index (χ3v) is 5.51. The second kappa shape index (κ2) is 7.37. The molecule has 0 aliphatic carbocycles. The Bertz CT molecular complexity index is 771. The van der Waals surface area contributed by atoms with E-state index in [-0.39, 0.29) is 18.1 Å². The van der Waals surface area contributed by atoms with Crippen LogP contribution in [0, 0.1) is 0 Å². The molecule has 1 N–H and O–H groups in total. The highest BCUT2D eigenvalue weighted by atomic mass is 16.5. The smallest absolute Gasteiger partial charge is 0.242 e. The molecule has 1 amide bonds. The van der Waals surface area contributed by atoms with Gasteiger partial charge < -0.3 is 19.5 Å². The van der Waals surface area contributed by atoms with Gasteiger partial charge in [-0.3, -0.25) is 4.79 Å². The standard InChI is InChI=1S/C20H28N4O2/c1-14-11-23(12-15(2)26-14)19(25)13-24-18(16-5-8-21-9-6-16)10-17-4-3-7-22-20(17)24/h3-4,7,10,14-16,21H,5-6,8-9,11-13H2,1-2H3/t14-,15-/m0/s1. The van der Waals surface area contributed by atoms with Crippen LogP contribution in [-0.4, -0.2) is 58.7 Å². The molecule has 0 spiro atoms. The van der Waals surface area contributed by atoms with Crippen molar-refractivity contribution >= 4 is 16.9 Å². The number of pyridine rings is 1. The Balaban J connectivity index is 1.63. The van der Waals surface area contributed by atoms with Crippen LogP contribution in [0.15, 0.2) is 24.4 Å². The maximum Gasteiger partial charge on any atom is 0.242 e. The SMILES string of the molecule is C[C@H]1CN(C(=O)Cn2c(C3CCNCC3)cc3cccnc32)C[C@H](C)O1. The first-order valence-electron chi connectivity index (χ1n) is 9.70. The fraction of sp³-hybridized carbons (Fsp3) is 0.600. The Labute approximate surface area is 154 Å². The van der Waals surface area contributed by atoms with E-state index in [1.54, 1.807) is 0 Å². The van der Waals surface area contributed by atoms with Gasteiger partial charge in [0.15, 0.2) is 0 Å². The number of hydrogen-bond donors (Lipinski definition) is 1. The number of aromatic nitrogens is 2. The minimum absolute atomic E-state index is 0.0890. The number of piperidine rings is 1. The van der Waals surface area contributed by atoms with E-state index in [9.17, 15) is 4.79 Å². The largest absolute Gasteiger partial charge is 0.372 e. The molecule has 2 atom stereocenters. The summed E-state index contributed by atoms with van der Waals surface area (Å²) < 4.78 is 7.92. The number of carbonyl (C=O) groups excluding carboxylic acids is 1. The number of hydrogen-bond acceptors (Lipinski definition) is 4. The molecule has 0 radical (unpaired) electrons. The Morgan fingerprint density at radius 3 is 2.73 bits per heavy atom. The third kappa shape index (κ3) is 3.48. The summed E-state index contributed by atoms with van der Waals surface area (Å²) in [6, 6.07) is 6.29. The molecule has 2 aliphatic heterocycles. The number of nitrogens with one attached hydrogen (secondary N) is 1. The number of ether oxygens (including phenoxy) is 1. The third-order valence-electron chi connectivity index (χ3n) is 5.51. The zero-order valence-electron chi connectivity index (χ0n) is 15.6. The van der Waals surface area contributed by atoms with Gasteiger partial charge in [-0.1, -0.05) is 0 Å². The van der Waals surface area contributed by atoms with Crippen LogP contribution in [0.2, 0.25) is 0 Å². The summed E-state index contributed by atoms with van der Waals surface area (Å²) in [6.07, 6.45) is 4.21. The molecule has 6 heteroatoms. The second-order valence-electron chi connectivity index (χ2n) is 7.65. The quantitative estimate of drug-likeness (QED) is 0.915. The van der Waals surface area contributed by atoms with Gasteiger partial charge in [0.05, 0.1) is 12.2 Å². The van der Waals surface area contributed by atoms with E-state index in [0.29, 0.717) is 25.6 Å². The monoisotopic (exact) mass is 356 g/mol. The Morgan fingerprint density at radius 2 is 2.00 bits per heavy atom. The van der Waals surface area contributed by atoms with Crippen molar-refractivity contribution in [2.45, 2.75) is 51.4 Å². The molecule has 6 nitrogen and oxygen atoms in total. The number of nitrogens with zero attached hydrogens (tertiary/aromatic N) is 3. The Kier molecular flexibility index (Phi) is 4.96. The van der Waals surface area contributed by atoms with Gasteiger partial charge in [-0.15, -0.1) is 0 Å². The molecule has 4 heterocycles. The molecule has 2 aliphatic rings. The molecule has 0 unspecified atom stereocenters. The molecule has 2 saturated heterocycles. The van der Waals surface area contributed by atoms with Gasteiger partial charge in [0.25, 0.3) is 0 Å². The van der Waals surface area contributed by atoms with Gasteiger partial charge >= 0.3 is 0 Å². The maximum absolute atomic E-state index is 13.0. The lowest BCUT2D eigenvalue weighted by Crippen LogP contribution is -2.49. The Hall–Kier alpha value is -1.92.